The molecule has 6 nitrogen and oxygen atoms in total. The number of hydrogen-bond donors (Lipinski definition) is 0. The monoisotopic (exact) mass is 1010 g/mol. The molecule has 0 heterocycles. The topological polar surface area (TPSA) is 78.9 Å². The molecule has 0 aromatic carbocycles. The van der Waals surface area contributed by atoms with Crippen molar-refractivity contribution >= 4 is 17.9 Å². The normalized spacial score (nSPS) is 12.3. The van der Waals surface area contributed by atoms with Crippen LogP contribution in [0.25, 0.3) is 0 Å². The van der Waals surface area contributed by atoms with E-state index in [9.17, 15) is 14.4 Å². The van der Waals surface area contributed by atoms with E-state index in [2.05, 4.69) is 69.4 Å². The molecule has 0 aromatic rings. The van der Waals surface area contributed by atoms with Gasteiger partial charge in [0.2, 0.25) is 0 Å². The lowest BCUT2D eigenvalue weighted by atomic mass is 10.0. The molecule has 1 unspecified atom stereocenters. The Morgan fingerprint density at radius 3 is 0.833 bits per heavy atom. The van der Waals surface area contributed by atoms with Gasteiger partial charge in [0.1, 0.15) is 13.2 Å². The zero-order chi connectivity index (χ0) is 52.2. The second-order valence-corrected chi connectivity index (χ2v) is 21.3. The van der Waals surface area contributed by atoms with E-state index in [-0.39, 0.29) is 31.1 Å². The summed E-state index contributed by atoms with van der Waals surface area (Å²) >= 11 is 0. The predicted octanol–water partition coefficient (Wildman–Crippen LogP) is 21.4. The smallest absolute Gasteiger partial charge is 0.306 e. The minimum absolute atomic E-state index is 0.0730. The highest BCUT2D eigenvalue weighted by Gasteiger charge is 2.19. The van der Waals surface area contributed by atoms with Crippen molar-refractivity contribution in [2.45, 2.75) is 341 Å². The molecule has 0 saturated heterocycles. The summed E-state index contributed by atoms with van der Waals surface area (Å²) in [7, 11) is 0. The molecule has 0 bridgehead atoms. The van der Waals surface area contributed by atoms with Crippen LogP contribution in [0.3, 0.4) is 0 Å². The summed E-state index contributed by atoms with van der Waals surface area (Å²) in [5.41, 5.74) is 0. The Hall–Kier alpha value is -2.63. The van der Waals surface area contributed by atoms with Crippen molar-refractivity contribution in [1.82, 2.24) is 0 Å². The van der Waals surface area contributed by atoms with Crippen molar-refractivity contribution in [1.29, 1.82) is 0 Å². The molecular formula is C66H120O6. The summed E-state index contributed by atoms with van der Waals surface area (Å²) in [6.45, 7) is 6.63. The second kappa shape index (κ2) is 60.9. The van der Waals surface area contributed by atoms with Crippen LogP contribution in [-0.2, 0) is 28.6 Å². The van der Waals surface area contributed by atoms with Crippen LogP contribution >= 0.6 is 0 Å². The maximum Gasteiger partial charge on any atom is 0.306 e. The maximum absolute atomic E-state index is 12.9. The lowest BCUT2D eigenvalue weighted by Gasteiger charge is -2.18. The standard InChI is InChI=1S/C66H120O6/c1-4-7-10-13-16-19-22-24-26-28-29-30-31-32-33-34-35-36-37-38-40-41-44-47-50-53-56-59-65(68)71-62-63(61-70-64(67)58-55-52-49-46-43-21-18-15-12-9-6-3)72-66(69)60-57-54-51-48-45-42-39-27-25-23-20-17-14-11-8-5-2/h15,18,22,24,28-29,31-32,63H,4-14,16-17,19-21,23,25-27,30,33-62H2,1-3H3/b18-15-,24-22-,29-28-,32-31-. The van der Waals surface area contributed by atoms with Gasteiger partial charge in [-0.05, 0) is 77.0 Å². The summed E-state index contributed by atoms with van der Waals surface area (Å²) in [6.07, 6.45) is 75.5. The average molecular weight is 1010 g/mol. The van der Waals surface area contributed by atoms with Gasteiger partial charge in [0.05, 0.1) is 0 Å². The molecule has 0 N–H and O–H groups in total. The molecule has 420 valence electrons. The van der Waals surface area contributed by atoms with Gasteiger partial charge in [-0.2, -0.15) is 0 Å². The number of rotatable bonds is 58. The molecule has 0 saturated carbocycles. The first-order chi connectivity index (χ1) is 35.5. The Bertz CT molecular complexity index is 1250. The van der Waals surface area contributed by atoms with Gasteiger partial charge in [-0.15, -0.1) is 0 Å². The highest BCUT2D eigenvalue weighted by molar-refractivity contribution is 5.71. The molecule has 0 spiro atoms. The highest BCUT2D eigenvalue weighted by atomic mass is 16.6. The fraction of sp³-hybridized carbons (Fsp3) is 0.833. The first kappa shape index (κ1) is 69.4. The number of unbranched alkanes of at least 4 members (excludes halogenated alkanes) is 39. The van der Waals surface area contributed by atoms with Gasteiger partial charge in [0.25, 0.3) is 0 Å². The van der Waals surface area contributed by atoms with Crippen LogP contribution in [-0.4, -0.2) is 37.2 Å². The Kier molecular flexibility index (Phi) is 58.7. The summed E-state index contributed by atoms with van der Waals surface area (Å²) in [4.78, 5) is 38.2. The average Bonchev–Trinajstić information content (AvgIpc) is 3.38. The largest absolute Gasteiger partial charge is 0.462 e. The second-order valence-electron chi connectivity index (χ2n) is 21.3. The van der Waals surface area contributed by atoms with E-state index in [0.717, 1.165) is 77.0 Å². The van der Waals surface area contributed by atoms with Crippen molar-refractivity contribution in [3.8, 4) is 0 Å². The van der Waals surface area contributed by atoms with Crippen LogP contribution in [0.4, 0.5) is 0 Å². The lowest BCUT2D eigenvalue weighted by molar-refractivity contribution is -0.167. The molecule has 6 heteroatoms. The number of hydrogen-bond acceptors (Lipinski definition) is 6. The molecule has 0 aliphatic rings. The Morgan fingerprint density at radius 2 is 0.514 bits per heavy atom. The van der Waals surface area contributed by atoms with Crippen molar-refractivity contribution in [2.75, 3.05) is 13.2 Å². The van der Waals surface area contributed by atoms with Crippen molar-refractivity contribution < 1.29 is 28.6 Å². The zero-order valence-corrected chi connectivity index (χ0v) is 48.2. The minimum Gasteiger partial charge on any atom is -0.462 e. The van der Waals surface area contributed by atoms with Crippen LogP contribution in [0.5, 0.6) is 0 Å². The number of carbonyl (C=O) groups is 3. The maximum atomic E-state index is 12.9. The van der Waals surface area contributed by atoms with Gasteiger partial charge in [-0.3, -0.25) is 14.4 Å². The first-order valence-electron chi connectivity index (χ1n) is 31.6. The summed E-state index contributed by atoms with van der Waals surface area (Å²) in [5, 5.41) is 0. The molecule has 0 fully saturated rings. The number of carbonyl (C=O) groups excluding carboxylic acids is 3. The van der Waals surface area contributed by atoms with Crippen molar-refractivity contribution in [2.24, 2.45) is 0 Å². The molecular weight excluding hydrogens is 889 g/mol. The van der Waals surface area contributed by atoms with E-state index in [1.165, 1.54) is 218 Å². The summed E-state index contributed by atoms with van der Waals surface area (Å²) in [5.74, 6) is -0.866. The first-order valence-corrected chi connectivity index (χ1v) is 31.6. The fourth-order valence-electron chi connectivity index (χ4n) is 9.26. The van der Waals surface area contributed by atoms with Crippen LogP contribution < -0.4 is 0 Å². The van der Waals surface area contributed by atoms with Gasteiger partial charge < -0.3 is 14.2 Å². The molecule has 0 aromatic heterocycles. The summed E-state index contributed by atoms with van der Waals surface area (Å²) in [6, 6.07) is 0. The summed E-state index contributed by atoms with van der Waals surface area (Å²) < 4.78 is 16.9. The van der Waals surface area contributed by atoms with E-state index >= 15 is 0 Å². The minimum atomic E-state index is -0.774. The van der Waals surface area contributed by atoms with E-state index in [1.54, 1.807) is 0 Å². The lowest BCUT2D eigenvalue weighted by Crippen LogP contribution is -2.30. The Labute approximate surface area is 448 Å². The molecule has 0 amide bonds. The third-order valence-electron chi connectivity index (χ3n) is 14.1. The Balaban J connectivity index is 4.20. The third-order valence-corrected chi connectivity index (χ3v) is 14.1. The fourth-order valence-corrected chi connectivity index (χ4v) is 9.26. The third kappa shape index (κ3) is 58.3. The van der Waals surface area contributed by atoms with Crippen molar-refractivity contribution in [3.63, 3.8) is 0 Å². The molecule has 1 atom stereocenters. The molecule has 0 rings (SSSR count). The number of allylic oxidation sites excluding steroid dienone is 8. The zero-order valence-electron chi connectivity index (χ0n) is 48.2. The molecule has 0 aliphatic heterocycles. The molecule has 72 heavy (non-hydrogen) atoms. The van der Waals surface area contributed by atoms with Gasteiger partial charge >= 0.3 is 17.9 Å². The Morgan fingerprint density at radius 1 is 0.278 bits per heavy atom. The SMILES string of the molecule is CCCC/C=C\CCCCCCCC(=O)OCC(COC(=O)CCCCCCCCCCCCCC/C=C\C/C=C\C/C=C\CCCCCCC)OC(=O)CCCCCCCCCCCCCCCCCC. The van der Waals surface area contributed by atoms with Gasteiger partial charge in [-0.25, -0.2) is 0 Å². The van der Waals surface area contributed by atoms with Crippen molar-refractivity contribution in [3.05, 3.63) is 48.6 Å². The van der Waals surface area contributed by atoms with E-state index < -0.39 is 6.10 Å². The predicted molar refractivity (Wildman–Crippen MR) is 312 cm³/mol. The quantitative estimate of drug-likeness (QED) is 0.0261. The van der Waals surface area contributed by atoms with E-state index in [0.29, 0.717) is 19.3 Å². The number of ether oxygens (including phenoxy) is 3. The van der Waals surface area contributed by atoms with E-state index in [1.807, 2.05) is 0 Å². The van der Waals surface area contributed by atoms with Gasteiger partial charge in [-0.1, -0.05) is 288 Å². The van der Waals surface area contributed by atoms with Crippen LogP contribution in [0, 0.1) is 0 Å². The van der Waals surface area contributed by atoms with Gasteiger partial charge in [0.15, 0.2) is 6.10 Å². The molecule has 0 aliphatic carbocycles. The molecule has 0 radical (unpaired) electrons. The van der Waals surface area contributed by atoms with Crippen LogP contribution in [0.1, 0.15) is 335 Å². The van der Waals surface area contributed by atoms with E-state index in [4.69, 9.17) is 14.2 Å². The highest BCUT2D eigenvalue weighted by Crippen LogP contribution is 2.17. The van der Waals surface area contributed by atoms with Gasteiger partial charge in [0, 0.05) is 19.3 Å². The van der Waals surface area contributed by atoms with Crippen LogP contribution in [0.15, 0.2) is 48.6 Å². The van der Waals surface area contributed by atoms with Crippen LogP contribution in [0.2, 0.25) is 0 Å². The number of esters is 3.